The van der Waals surface area contributed by atoms with Gasteiger partial charge < -0.3 is 4.90 Å². The Morgan fingerprint density at radius 3 is 2.54 bits per heavy atom. The lowest BCUT2D eigenvalue weighted by Gasteiger charge is -2.16. The summed E-state index contributed by atoms with van der Waals surface area (Å²) in [5.74, 6) is 0.105. The van der Waals surface area contributed by atoms with Crippen molar-refractivity contribution in [1.29, 1.82) is 0 Å². The molecule has 0 spiro atoms. The van der Waals surface area contributed by atoms with Gasteiger partial charge in [-0.05, 0) is 48.4 Å². The van der Waals surface area contributed by atoms with Crippen LogP contribution in [0.25, 0.3) is 0 Å². The Kier molecular flexibility index (Phi) is 4.89. The van der Waals surface area contributed by atoms with Crippen LogP contribution in [0.1, 0.15) is 18.4 Å². The maximum absolute atomic E-state index is 12.3. The lowest BCUT2D eigenvalue weighted by atomic mass is 10.2. The van der Waals surface area contributed by atoms with Crippen molar-refractivity contribution in [3.05, 3.63) is 59.1 Å². The molecule has 1 heterocycles. The van der Waals surface area contributed by atoms with Gasteiger partial charge >= 0.3 is 0 Å². The van der Waals surface area contributed by atoms with E-state index in [1.807, 2.05) is 24.3 Å². The molecule has 1 fully saturated rings. The number of hydrogen-bond acceptors (Lipinski definition) is 3. The van der Waals surface area contributed by atoms with Crippen LogP contribution < -0.4 is 9.62 Å². The van der Waals surface area contributed by atoms with E-state index >= 15 is 0 Å². The Morgan fingerprint density at radius 1 is 1.12 bits per heavy atom. The summed E-state index contributed by atoms with van der Waals surface area (Å²) in [6.45, 7) is 0.861. The molecule has 0 bridgehead atoms. The third-order valence-electron chi connectivity index (χ3n) is 3.89. The van der Waals surface area contributed by atoms with Crippen LogP contribution in [-0.4, -0.2) is 20.9 Å². The molecule has 0 aromatic heterocycles. The highest BCUT2D eigenvalue weighted by atomic mass is 35.5. The van der Waals surface area contributed by atoms with Gasteiger partial charge in [0.25, 0.3) is 0 Å². The van der Waals surface area contributed by atoms with E-state index in [-0.39, 0.29) is 17.3 Å². The highest BCUT2D eigenvalue weighted by molar-refractivity contribution is 7.89. The van der Waals surface area contributed by atoms with Gasteiger partial charge in [-0.3, -0.25) is 4.79 Å². The first-order valence-electron chi connectivity index (χ1n) is 7.60. The van der Waals surface area contributed by atoms with Crippen LogP contribution >= 0.6 is 11.6 Å². The Balaban J connectivity index is 1.72. The molecule has 0 unspecified atom stereocenters. The Labute approximate surface area is 146 Å². The molecule has 0 aliphatic carbocycles. The maximum Gasteiger partial charge on any atom is 0.240 e. The summed E-state index contributed by atoms with van der Waals surface area (Å²) in [6.07, 6.45) is 1.42. The summed E-state index contributed by atoms with van der Waals surface area (Å²) in [7, 11) is -3.61. The molecule has 2 aromatic carbocycles. The van der Waals surface area contributed by atoms with Crippen molar-refractivity contribution in [2.24, 2.45) is 0 Å². The fourth-order valence-corrected chi connectivity index (χ4v) is 3.77. The molecule has 1 amide bonds. The zero-order valence-electron chi connectivity index (χ0n) is 12.9. The molecule has 24 heavy (non-hydrogen) atoms. The van der Waals surface area contributed by atoms with Crippen LogP contribution in [0.2, 0.25) is 5.02 Å². The number of carbonyl (C=O) groups excluding carboxylic acids is 1. The van der Waals surface area contributed by atoms with Gasteiger partial charge in [0.05, 0.1) is 4.90 Å². The third-order valence-corrected chi connectivity index (χ3v) is 5.56. The van der Waals surface area contributed by atoms with Gasteiger partial charge in [-0.1, -0.05) is 23.7 Å². The van der Waals surface area contributed by atoms with Crippen molar-refractivity contribution in [2.75, 3.05) is 11.4 Å². The first-order valence-corrected chi connectivity index (χ1v) is 9.46. The van der Waals surface area contributed by atoms with Crippen LogP contribution in [0.5, 0.6) is 0 Å². The molecule has 2 aromatic rings. The quantitative estimate of drug-likeness (QED) is 0.887. The lowest BCUT2D eigenvalue weighted by Crippen LogP contribution is -2.25. The minimum atomic E-state index is -3.61. The second-order valence-corrected chi connectivity index (χ2v) is 7.80. The number of anilines is 1. The SMILES string of the molecule is O=C1CCCN1c1cccc(CNS(=O)(=O)c2ccc(Cl)cc2)c1. The number of nitrogens with one attached hydrogen (secondary N) is 1. The van der Waals surface area contributed by atoms with Gasteiger partial charge in [0, 0.05) is 30.2 Å². The van der Waals surface area contributed by atoms with Crippen molar-refractivity contribution in [3.8, 4) is 0 Å². The molecule has 1 aliphatic heterocycles. The zero-order valence-corrected chi connectivity index (χ0v) is 14.5. The normalized spacial score (nSPS) is 15.0. The summed E-state index contributed by atoms with van der Waals surface area (Å²) < 4.78 is 27.1. The Hall–Kier alpha value is -1.89. The second kappa shape index (κ2) is 6.93. The third kappa shape index (κ3) is 3.77. The number of hydrogen-bond donors (Lipinski definition) is 1. The summed E-state index contributed by atoms with van der Waals surface area (Å²) >= 11 is 5.78. The number of amides is 1. The van der Waals surface area contributed by atoms with E-state index in [9.17, 15) is 13.2 Å². The first kappa shape index (κ1) is 17.0. The largest absolute Gasteiger partial charge is 0.312 e. The molecule has 1 aliphatic rings. The van der Waals surface area contributed by atoms with Crippen molar-refractivity contribution in [1.82, 2.24) is 4.72 Å². The van der Waals surface area contributed by atoms with Crippen LogP contribution in [0.3, 0.4) is 0 Å². The summed E-state index contributed by atoms with van der Waals surface area (Å²) in [5.41, 5.74) is 1.60. The average Bonchev–Trinajstić information content (AvgIpc) is 3.00. The van der Waals surface area contributed by atoms with Crippen LogP contribution in [-0.2, 0) is 21.4 Å². The van der Waals surface area contributed by atoms with Crippen molar-refractivity contribution in [3.63, 3.8) is 0 Å². The zero-order chi connectivity index (χ0) is 17.2. The number of nitrogens with zero attached hydrogens (tertiary/aromatic N) is 1. The molecule has 0 saturated carbocycles. The molecule has 1 N–H and O–H groups in total. The lowest BCUT2D eigenvalue weighted by molar-refractivity contribution is -0.117. The number of benzene rings is 2. The fraction of sp³-hybridized carbons (Fsp3) is 0.235. The van der Waals surface area contributed by atoms with Crippen LogP contribution in [0.4, 0.5) is 5.69 Å². The summed E-state index contributed by atoms with van der Waals surface area (Å²) in [4.78, 5) is 13.7. The van der Waals surface area contributed by atoms with E-state index in [0.717, 1.165) is 17.7 Å². The predicted molar refractivity (Wildman–Crippen MR) is 93.5 cm³/mol. The molecule has 5 nitrogen and oxygen atoms in total. The fourth-order valence-electron chi connectivity index (χ4n) is 2.63. The minimum Gasteiger partial charge on any atom is -0.312 e. The van der Waals surface area contributed by atoms with Gasteiger partial charge in [-0.15, -0.1) is 0 Å². The highest BCUT2D eigenvalue weighted by Crippen LogP contribution is 2.22. The van der Waals surface area contributed by atoms with E-state index < -0.39 is 10.0 Å². The standard InChI is InChI=1S/C17H17ClN2O3S/c18-14-6-8-16(9-7-14)24(22,23)19-12-13-3-1-4-15(11-13)20-10-2-5-17(20)21/h1,3-4,6-9,11,19H,2,5,10,12H2. The van der Waals surface area contributed by atoms with Gasteiger partial charge in [0.1, 0.15) is 0 Å². The molecule has 0 atom stereocenters. The first-order chi connectivity index (χ1) is 11.5. The van der Waals surface area contributed by atoms with Crippen molar-refractivity contribution >= 4 is 33.2 Å². The molecular weight excluding hydrogens is 348 g/mol. The molecule has 3 rings (SSSR count). The van der Waals surface area contributed by atoms with Crippen LogP contribution in [0, 0.1) is 0 Å². The molecule has 0 radical (unpaired) electrons. The average molecular weight is 365 g/mol. The van der Waals surface area contributed by atoms with E-state index in [0.29, 0.717) is 18.0 Å². The van der Waals surface area contributed by atoms with Crippen molar-refractivity contribution in [2.45, 2.75) is 24.3 Å². The van der Waals surface area contributed by atoms with Gasteiger partial charge in [0.2, 0.25) is 15.9 Å². The molecule has 126 valence electrons. The van der Waals surface area contributed by atoms with Gasteiger partial charge in [-0.25, -0.2) is 13.1 Å². The number of sulfonamides is 1. The van der Waals surface area contributed by atoms with E-state index in [2.05, 4.69) is 4.72 Å². The molecule has 7 heteroatoms. The molecule has 1 saturated heterocycles. The minimum absolute atomic E-state index is 0.105. The van der Waals surface area contributed by atoms with Crippen molar-refractivity contribution < 1.29 is 13.2 Å². The number of rotatable bonds is 5. The summed E-state index contributed by atoms with van der Waals surface area (Å²) in [5, 5.41) is 0.483. The molecular formula is C17H17ClN2O3S. The van der Waals surface area contributed by atoms with E-state index in [4.69, 9.17) is 11.6 Å². The Bertz CT molecular complexity index is 850. The maximum atomic E-state index is 12.3. The summed E-state index contributed by atoms with van der Waals surface area (Å²) in [6, 6.07) is 13.4. The number of halogens is 1. The second-order valence-electron chi connectivity index (χ2n) is 5.60. The Morgan fingerprint density at radius 2 is 1.88 bits per heavy atom. The number of carbonyl (C=O) groups is 1. The van der Waals surface area contributed by atoms with Gasteiger partial charge in [0.15, 0.2) is 0 Å². The monoisotopic (exact) mass is 364 g/mol. The van der Waals surface area contributed by atoms with E-state index in [1.165, 1.54) is 24.3 Å². The topological polar surface area (TPSA) is 66.5 Å². The van der Waals surface area contributed by atoms with E-state index in [1.54, 1.807) is 4.90 Å². The van der Waals surface area contributed by atoms with Gasteiger partial charge in [-0.2, -0.15) is 0 Å². The highest BCUT2D eigenvalue weighted by Gasteiger charge is 2.21. The van der Waals surface area contributed by atoms with Crippen LogP contribution in [0.15, 0.2) is 53.4 Å². The smallest absolute Gasteiger partial charge is 0.240 e. The predicted octanol–water partition coefficient (Wildman–Crippen LogP) is 2.95.